The van der Waals surface area contributed by atoms with Gasteiger partial charge >= 0.3 is 0 Å². The average molecular weight is 336 g/mol. The van der Waals surface area contributed by atoms with Gasteiger partial charge in [-0.05, 0) is 40.2 Å². The van der Waals surface area contributed by atoms with Crippen LogP contribution in [0.1, 0.15) is 10.5 Å². The molecule has 0 aliphatic heterocycles. The van der Waals surface area contributed by atoms with Crippen LogP contribution in [0.5, 0.6) is 5.75 Å². The normalized spacial score (nSPS) is 9.95. The first-order valence-electron chi connectivity index (χ1n) is 5.92. The van der Waals surface area contributed by atoms with Crippen LogP contribution in [-0.2, 0) is 0 Å². The summed E-state index contributed by atoms with van der Waals surface area (Å²) >= 11 is 3.36. The van der Waals surface area contributed by atoms with Crippen molar-refractivity contribution >= 4 is 33.2 Å². The molecule has 1 amide bonds. The molecule has 20 heavy (non-hydrogen) atoms. The molecule has 0 fully saturated rings. The van der Waals surface area contributed by atoms with Crippen molar-refractivity contribution in [2.75, 3.05) is 24.8 Å². The molecule has 1 aromatic heterocycles. The number of carbonyl (C=O) groups excluding carboxylic acids is 1. The van der Waals surface area contributed by atoms with Crippen molar-refractivity contribution in [1.82, 2.24) is 4.98 Å². The van der Waals surface area contributed by atoms with Gasteiger partial charge in [0.15, 0.2) is 0 Å². The maximum absolute atomic E-state index is 12.1. The highest BCUT2D eigenvalue weighted by Gasteiger charge is 2.09. The SMILES string of the molecule is CNc1ccnc(C(=O)Nc2ccc(Br)c(OC)c2)c1. The lowest BCUT2D eigenvalue weighted by atomic mass is 10.2. The second-order valence-electron chi connectivity index (χ2n) is 3.98. The van der Waals surface area contributed by atoms with E-state index in [9.17, 15) is 4.79 Å². The van der Waals surface area contributed by atoms with Crippen molar-refractivity contribution in [3.8, 4) is 5.75 Å². The van der Waals surface area contributed by atoms with Crippen molar-refractivity contribution in [3.63, 3.8) is 0 Å². The molecule has 0 bridgehead atoms. The number of anilines is 2. The lowest BCUT2D eigenvalue weighted by Gasteiger charge is -2.09. The number of nitrogens with zero attached hydrogens (tertiary/aromatic N) is 1. The lowest BCUT2D eigenvalue weighted by Crippen LogP contribution is -2.13. The molecule has 2 N–H and O–H groups in total. The van der Waals surface area contributed by atoms with Gasteiger partial charge in [0.2, 0.25) is 0 Å². The second kappa shape index (κ2) is 6.38. The van der Waals surface area contributed by atoms with Gasteiger partial charge in [0, 0.05) is 30.7 Å². The molecule has 0 saturated heterocycles. The third kappa shape index (κ3) is 3.27. The Balaban J connectivity index is 2.18. The monoisotopic (exact) mass is 335 g/mol. The number of hydrogen-bond acceptors (Lipinski definition) is 4. The standard InChI is InChI=1S/C14H14BrN3O2/c1-16-9-5-6-17-12(7-9)14(19)18-10-3-4-11(15)13(8-10)20-2/h3-8H,1-2H3,(H,16,17)(H,18,19). The molecule has 6 heteroatoms. The van der Waals surface area contributed by atoms with Crippen LogP contribution in [0, 0.1) is 0 Å². The Labute approximate surface area is 125 Å². The number of halogens is 1. The Morgan fingerprint density at radius 3 is 2.75 bits per heavy atom. The highest BCUT2D eigenvalue weighted by molar-refractivity contribution is 9.10. The first kappa shape index (κ1) is 14.3. The Hall–Kier alpha value is -2.08. The van der Waals surface area contributed by atoms with Crippen molar-refractivity contribution in [3.05, 3.63) is 46.7 Å². The summed E-state index contributed by atoms with van der Waals surface area (Å²) in [4.78, 5) is 16.2. The van der Waals surface area contributed by atoms with Crippen LogP contribution >= 0.6 is 15.9 Å². The van der Waals surface area contributed by atoms with Crippen LogP contribution in [0.4, 0.5) is 11.4 Å². The van der Waals surface area contributed by atoms with E-state index >= 15 is 0 Å². The summed E-state index contributed by atoms with van der Waals surface area (Å²) in [6, 6.07) is 8.81. The van der Waals surface area contributed by atoms with E-state index in [1.54, 1.807) is 44.6 Å². The predicted octanol–water partition coefficient (Wildman–Crippen LogP) is 3.15. The number of benzene rings is 1. The molecule has 1 aromatic carbocycles. The zero-order valence-corrected chi connectivity index (χ0v) is 12.7. The largest absolute Gasteiger partial charge is 0.495 e. The summed E-state index contributed by atoms with van der Waals surface area (Å²) in [5.41, 5.74) is 1.82. The molecule has 0 radical (unpaired) electrons. The summed E-state index contributed by atoms with van der Waals surface area (Å²) in [7, 11) is 3.36. The first-order chi connectivity index (χ1) is 9.63. The van der Waals surface area contributed by atoms with E-state index in [1.807, 2.05) is 6.07 Å². The van der Waals surface area contributed by atoms with Gasteiger partial charge in [-0.1, -0.05) is 0 Å². The summed E-state index contributed by atoms with van der Waals surface area (Å²) in [6.45, 7) is 0. The molecule has 0 aliphatic rings. The Kier molecular flexibility index (Phi) is 4.57. The number of rotatable bonds is 4. The zero-order chi connectivity index (χ0) is 14.5. The van der Waals surface area contributed by atoms with Gasteiger partial charge in [0.1, 0.15) is 11.4 Å². The van der Waals surface area contributed by atoms with Gasteiger partial charge < -0.3 is 15.4 Å². The van der Waals surface area contributed by atoms with Gasteiger partial charge in [0.05, 0.1) is 11.6 Å². The molecule has 1 heterocycles. The summed E-state index contributed by atoms with van der Waals surface area (Å²) in [6.07, 6.45) is 1.59. The fourth-order valence-corrected chi connectivity index (χ4v) is 2.05. The van der Waals surface area contributed by atoms with Crippen molar-refractivity contribution in [2.24, 2.45) is 0 Å². The maximum Gasteiger partial charge on any atom is 0.274 e. The van der Waals surface area contributed by atoms with E-state index < -0.39 is 0 Å². The third-order valence-corrected chi connectivity index (χ3v) is 3.35. The second-order valence-corrected chi connectivity index (χ2v) is 4.84. The van der Waals surface area contributed by atoms with Crippen molar-refractivity contribution < 1.29 is 9.53 Å². The molecule has 104 valence electrons. The molecule has 2 aromatic rings. The Bertz CT molecular complexity index is 632. The van der Waals surface area contributed by atoms with Gasteiger partial charge in [-0.15, -0.1) is 0 Å². The van der Waals surface area contributed by atoms with Crippen molar-refractivity contribution in [2.45, 2.75) is 0 Å². The van der Waals surface area contributed by atoms with E-state index in [1.165, 1.54) is 0 Å². The van der Waals surface area contributed by atoms with Crippen LogP contribution in [0.15, 0.2) is 41.0 Å². The zero-order valence-electron chi connectivity index (χ0n) is 11.1. The van der Waals surface area contributed by atoms with E-state index in [0.29, 0.717) is 17.1 Å². The topological polar surface area (TPSA) is 63.2 Å². The van der Waals surface area contributed by atoms with Gasteiger partial charge in [0.25, 0.3) is 5.91 Å². The first-order valence-corrected chi connectivity index (χ1v) is 6.72. The fraction of sp³-hybridized carbons (Fsp3) is 0.143. The maximum atomic E-state index is 12.1. The number of methoxy groups -OCH3 is 1. The highest BCUT2D eigenvalue weighted by atomic mass is 79.9. The lowest BCUT2D eigenvalue weighted by molar-refractivity contribution is 0.102. The molecular formula is C14H14BrN3O2. The predicted molar refractivity (Wildman–Crippen MR) is 82.4 cm³/mol. The highest BCUT2D eigenvalue weighted by Crippen LogP contribution is 2.28. The minimum absolute atomic E-state index is 0.272. The Morgan fingerprint density at radius 2 is 2.05 bits per heavy atom. The molecule has 0 spiro atoms. The minimum Gasteiger partial charge on any atom is -0.495 e. The van der Waals surface area contributed by atoms with Gasteiger partial charge in [-0.3, -0.25) is 9.78 Å². The quantitative estimate of drug-likeness (QED) is 0.900. The smallest absolute Gasteiger partial charge is 0.274 e. The van der Waals surface area contributed by atoms with Crippen LogP contribution in [0.3, 0.4) is 0 Å². The molecular weight excluding hydrogens is 322 g/mol. The van der Waals surface area contributed by atoms with E-state index in [-0.39, 0.29) is 5.91 Å². The van der Waals surface area contributed by atoms with Gasteiger partial charge in [-0.25, -0.2) is 0 Å². The van der Waals surface area contributed by atoms with E-state index in [0.717, 1.165) is 10.2 Å². The van der Waals surface area contributed by atoms with E-state index in [4.69, 9.17) is 4.74 Å². The molecule has 5 nitrogen and oxygen atoms in total. The minimum atomic E-state index is -0.272. The van der Waals surface area contributed by atoms with Gasteiger partial charge in [-0.2, -0.15) is 0 Å². The summed E-state index contributed by atoms with van der Waals surface area (Å²) < 4.78 is 6.01. The number of pyridine rings is 1. The molecule has 0 saturated carbocycles. The molecule has 0 atom stereocenters. The van der Waals surface area contributed by atoms with Crippen molar-refractivity contribution in [1.29, 1.82) is 0 Å². The number of nitrogens with one attached hydrogen (secondary N) is 2. The summed E-state index contributed by atoms with van der Waals surface area (Å²) in [5, 5.41) is 5.75. The van der Waals surface area contributed by atoms with Crippen LogP contribution in [-0.4, -0.2) is 25.0 Å². The number of aromatic nitrogens is 1. The Morgan fingerprint density at radius 1 is 1.25 bits per heavy atom. The number of carbonyl (C=O) groups is 1. The average Bonchev–Trinajstić information content (AvgIpc) is 2.49. The van der Waals surface area contributed by atoms with Crippen LogP contribution < -0.4 is 15.4 Å². The number of amides is 1. The molecule has 2 rings (SSSR count). The van der Waals surface area contributed by atoms with E-state index in [2.05, 4.69) is 31.5 Å². The van der Waals surface area contributed by atoms with Crippen LogP contribution in [0.2, 0.25) is 0 Å². The van der Waals surface area contributed by atoms with Crippen LogP contribution in [0.25, 0.3) is 0 Å². The summed E-state index contributed by atoms with van der Waals surface area (Å²) in [5.74, 6) is 0.381. The fourth-order valence-electron chi connectivity index (χ4n) is 1.64. The number of hydrogen-bond donors (Lipinski definition) is 2. The molecule has 0 unspecified atom stereocenters. The molecule has 0 aliphatic carbocycles. The number of ether oxygens (including phenoxy) is 1. The third-order valence-electron chi connectivity index (χ3n) is 2.69.